The van der Waals surface area contributed by atoms with E-state index in [1.54, 1.807) is 0 Å². The Balaban J connectivity index is 1.63. The third-order valence-corrected chi connectivity index (χ3v) is 5.94. The van der Waals surface area contributed by atoms with Gasteiger partial charge < -0.3 is 14.7 Å². The van der Waals surface area contributed by atoms with Crippen LogP contribution in [0.4, 0.5) is 5.82 Å². The molecule has 1 aliphatic rings. The van der Waals surface area contributed by atoms with Crippen molar-refractivity contribution in [2.45, 2.75) is 18.9 Å². The zero-order valence-electron chi connectivity index (χ0n) is 18.5. The Morgan fingerprint density at radius 2 is 2.09 bits per heavy atom. The van der Waals surface area contributed by atoms with Crippen molar-refractivity contribution < 1.29 is 14.6 Å². The summed E-state index contributed by atoms with van der Waals surface area (Å²) in [7, 11) is 0. The summed E-state index contributed by atoms with van der Waals surface area (Å²) in [4.78, 5) is 39.7. The molecule has 0 saturated carbocycles. The maximum atomic E-state index is 13.0. The number of carboxylic acids is 1. The normalized spacial score (nSPS) is 15.2. The molecule has 0 aliphatic carbocycles. The van der Waals surface area contributed by atoms with Crippen LogP contribution in [0, 0.1) is 11.3 Å². The van der Waals surface area contributed by atoms with Crippen LogP contribution in [0.15, 0.2) is 66.0 Å². The summed E-state index contributed by atoms with van der Waals surface area (Å²) in [5.74, 6) is 0.0895. The van der Waals surface area contributed by atoms with Crippen LogP contribution in [-0.2, 0) is 0 Å². The molecule has 5 rings (SSSR count). The fraction of sp³-hybridized carbons (Fsp3) is 0.200. The van der Waals surface area contributed by atoms with Crippen LogP contribution in [0.25, 0.3) is 16.9 Å². The average molecular weight is 468 g/mol. The Kier molecular flexibility index (Phi) is 5.81. The summed E-state index contributed by atoms with van der Waals surface area (Å²) in [6.45, 7) is 1.07. The van der Waals surface area contributed by atoms with Gasteiger partial charge >= 0.3 is 5.97 Å². The zero-order valence-corrected chi connectivity index (χ0v) is 18.5. The highest BCUT2D eigenvalue weighted by Crippen LogP contribution is 2.30. The Morgan fingerprint density at radius 3 is 2.80 bits per heavy atom. The van der Waals surface area contributed by atoms with E-state index in [0.29, 0.717) is 24.8 Å². The lowest BCUT2D eigenvalue weighted by Gasteiger charge is -2.27. The summed E-state index contributed by atoms with van der Waals surface area (Å²) in [5.41, 5.74) is -0.774. The molecule has 0 bridgehead atoms. The number of rotatable bonds is 6. The summed E-state index contributed by atoms with van der Waals surface area (Å²) in [5, 5.41) is 19.5. The van der Waals surface area contributed by atoms with E-state index in [2.05, 4.69) is 16.0 Å². The van der Waals surface area contributed by atoms with E-state index in [4.69, 9.17) is 9.72 Å². The van der Waals surface area contributed by atoms with E-state index in [1.165, 1.54) is 35.4 Å². The molecule has 0 amide bonds. The number of nitriles is 1. The number of carboxylic acid groups (broad SMARTS) is 1. The van der Waals surface area contributed by atoms with Crippen LogP contribution in [0.5, 0.6) is 5.75 Å². The molecule has 0 spiro atoms. The van der Waals surface area contributed by atoms with Crippen LogP contribution in [-0.4, -0.2) is 49.8 Å². The Labute approximate surface area is 199 Å². The number of benzene rings is 1. The van der Waals surface area contributed by atoms with Crippen molar-refractivity contribution in [1.29, 1.82) is 5.26 Å². The van der Waals surface area contributed by atoms with Crippen molar-refractivity contribution >= 4 is 22.8 Å². The predicted octanol–water partition coefficient (Wildman–Crippen LogP) is 2.79. The fourth-order valence-corrected chi connectivity index (χ4v) is 4.28. The molecule has 4 aromatic rings. The quantitative estimate of drug-likeness (QED) is 0.453. The van der Waals surface area contributed by atoms with E-state index in [0.717, 1.165) is 18.6 Å². The highest BCUT2D eigenvalue weighted by Gasteiger charge is 2.30. The standard InChI is InChI=1S/C25H20N6O4/c26-12-16-11-19-22(32)20(25(33)34)14-31(21-13-27-8-9-28-21)24(19)29-23(16)30-10-4-5-17(30)15-35-18-6-2-1-3-7-18/h1-3,6-9,11,13-14,17H,4-5,10,15H2,(H,33,34). The summed E-state index contributed by atoms with van der Waals surface area (Å²) in [6, 6.07) is 13.0. The number of aromatic carboxylic acids is 1. The predicted molar refractivity (Wildman–Crippen MR) is 127 cm³/mol. The van der Waals surface area contributed by atoms with Crippen molar-refractivity contribution in [3.63, 3.8) is 0 Å². The number of hydrogen-bond donors (Lipinski definition) is 1. The van der Waals surface area contributed by atoms with E-state index >= 15 is 0 Å². The maximum absolute atomic E-state index is 13.0. The molecule has 35 heavy (non-hydrogen) atoms. The van der Waals surface area contributed by atoms with Crippen LogP contribution in [0.1, 0.15) is 28.8 Å². The number of anilines is 1. The lowest BCUT2D eigenvalue weighted by atomic mass is 10.1. The summed E-state index contributed by atoms with van der Waals surface area (Å²) in [6.07, 6.45) is 7.33. The third kappa shape index (κ3) is 4.15. The highest BCUT2D eigenvalue weighted by molar-refractivity contribution is 5.93. The Bertz CT molecular complexity index is 1500. The number of ether oxygens (including phenoxy) is 1. The molecule has 4 heterocycles. The molecule has 1 N–H and O–H groups in total. The van der Waals surface area contributed by atoms with Gasteiger partial charge in [0.1, 0.15) is 29.8 Å². The highest BCUT2D eigenvalue weighted by atomic mass is 16.5. The zero-order chi connectivity index (χ0) is 24.4. The number of aromatic nitrogens is 4. The first-order valence-electron chi connectivity index (χ1n) is 11.0. The van der Waals surface area contributed by atoms with Crippen molar-refractivity contribution in [2.24, 2.45) is 0 Å². The van der Waals surface area contributed by atoms with E-state index in [-0.39, 0.29) is 22.6 Å². The second kappa shape index (κ2) is 9.23. The monoisotopic (exact) mass is 468 g/mol. The molecular formula is C25H20N6O4. The molecule has 174 valence electrons. The van der Waals surface area contributed by atoms with Gasteiger partial charge in [0.15, 0.2) is 11.5 Å². The van der Waals surface area contributed by atoms with Gasteiger partial charge in [-0.25, -0.2) is 14.8 Å². The first-order chi connectivity index (χ1) is 17.1. The minimum atomic E-state index is -1.38. The van der Waals surface area contributed by atoms with Crippen LogP contribution in [0.2, 0.25) is 0 Å². The molecule has 3 aromatic heterocycles. The molecule has 1 aliphatic heterocycles. The maximum Gasteiger partial charge on any atom is 0.341 e. The molecular weight excluding hydrogens is 448 g/mol. The van der Waals surface area contributed by atoms with E-state index in [9.17, 15) is 20.0 Å². The number of para-hydroxylation sites is 1. The number of nitrogens with zero attached hydrogens (tertiary/aromatic N) is 6. The summed E-state index contributed by atoms with van der Waals surface area (Å²) >= 11 is 0. The topological polar surface area (TPSA) is 134 Å². The molecule has 1 atom stereocenters. The van der Waals surface area contributed by atoms with Gasteiger partial charge in [-0.3, -0.25) is 14.3 Å². The number of fused-ring (bicyclic) bond motifs is 1. The number of carbonyl (C=O) groups is 1. The molecule has 0 radical (unpaired) electrons. The molecule has 10 heteroatoms. The molecule has 1 aromatic carbocycles. The van der Waals surface area contributed by atoms with Crippen molar-refractivity contribution in [2.75, 3.05) is 18.1 Å². The number of hydrogen-bond acceptors (Lipinski definition) is 8. The minimum absolute atomic E-state index is 0.0205. The number of pyridine rings is 2. The van der Waals surface area contributed by atoms with Crippen LogP contribution < -0.4 is 15.1 Å². The lowest BCUT2D eigenvalue weighted by Crippen LogP contribution is -2.35. The molecule has 10 nitrogen and oxygen atoms in total. The van der Waals surface area contributed by atoms with Crippen LogP contribution >= 0.6 is 0 Å². The van der Waals surface area contributed by atoms with Gasteiger partial charge in [0, 0.05) is 25.1 Å². The molecule has 1 unspecified atom stereocenters. The van der Waals surface area contributed by atoms with E-state index < -0.39 is 17.0 Å². The van der Waals surface area contributed by atoms with Gasteiger partial charge in [-0.2, -0.15) is 5.26 Å². The van der Waals surface area contributed by atoms with Gasteiger partial charge in [0.25, 0.3) is 0 Å². The second-order valence-electron chi connectivity index (χ2n) is 8.07. The van der Waals surface area contributed by atoms with Crippen molar-refractivity contribution in [1.82, 2.24) is 19.5 Å². The molecule has 1 saturated heterocycles. The first-order valence-corrected chi connectivity index (χ1v) is 11.0. The first kappa shape index (κ1) is 22.0. The largest absolute Gasteiger partial charge is 0.491 e. The fourth-order valence-electron chi connectivity index (χ4n) is 4.28. The van der Waals surface area contributed by atoms with Gasteiger partial charge in [0.2, 0.25) is 5.43 Å². The van der Waals surface area contributed by atoms with Gasteiger partial charge in [-0.15, -0.1) is 0 Å². The van der Waals surface area contributed by atoms with Crippen LogP contribution in [0.3, 0.4) is 0 Å². The second-order valence-corrected chi connectivity index (χ2v) is 8.07. The van der Waals surface area contributed by atoms with Crippen molar-refractivity contribution in [3.8, 4) is 17.6 Å². The van der Waals surface area contributed by atoms with E-state index in [1.807, 2.05) is 35.2 Å². The minimum Gasteiger partial charge on any atom is -0.491 e. The average Bonchev–Trinajstić information content (AvgIpc) is 3.36. The summed E-state index contributed by atoms with van der Waals surface area (Å²) < 4.78 is 7.39. The van der Waals surface area contributed by atoms with Gasteiger partial charge in [-0.1, -0.05) is 18.2 Å². The van der Waals surface area contributed by atoms with Gasteiger partial charge in [-0.05, 0) is 31.0 Å². The Morgan fingerprint density at radius 1 is 1.26 bits per heavy atom. The van der Waals surface area contributed by atoms with Gasteiger partial charge in [0.05, 0.1) is 23.2 Å². The SMILES string of the molecule is N#Cc1cc2c(=O)c(C(=O)O)cn(-c3cnccn3)c2nc1N1CCCC1COc1ccccc1. The molecule has 1 fully saturated rings. The van der Waals surface area contributed by atoms with Crippen molar-refractivity contribution in [3.05, 3.63) is 82.5 Å². The lowest BCUT2D eigenvalue weighted by molar-refractivity contribution is 0.0695. The smallest absolute Gasteiger partial charge is 0.341 e. The Hall–Kier alpha value is -4.78. The third-order valence-electron chi connectivity index (χ3n) is 5.94.